The smallest absolute Gasteiger partial charge is 0.0727 e. The van der Waals surface area contributed by atoms with E-state index in [1.54, 1.807) is 0 Å². The highest BCUT2D eigenvalue weighted by molar-refractivity contribution is 7.80. The van der Waals surface area contributed by atoms with Gasteiger partial charge in [-0.1, -0.05) is 42.5 Å². The van der Waals surface area contributed by atoms with Crippen LogP contribution in [0.2, 0.25) is 0 Å². The molecule has 2 nitrogen and oxygen atoms in total. The van der Waals surface area contributed by atoms with Gasteiger partial charge in [0.25, 0.3) is 0 Å². The van der Waals surface area contributed by atoms with Gasteiger partial charge in [-0.05, 0) is 45.2 Å². The minimum absolute atomic E-state index is 0.565. The topological polar surface area (TPSA) is 29.3 Å². The molecule has 100 valence electrons. The molecule has 0 bridgehead atoms. The monoisotopic (exact) mass is 264 g/mol. The quantitative estimate of drug-likeness (QED) is 0.577. The van der Waals surface area contributed by atoms with Crippen molar-refractivity contribution in [3.8, 4) is 0 Å². The van der Waals surface area contributed by atoms with Crippen LogP contribution in [0, 0.1) is 0 Å². The summed E-state index contributed by atoms with van der Waals surface area (Å²) in [4.78, 5) is 3.13. The van der Waals surface area contributed by atoms with Crippen molar-refractivity contribution >= 4 is 17.2 Å². The third kappa shape index (κ3) is 6.12. The van der Waals surface area contributed by atoms with Crippen LogP contribution in [0.5, 0.6) is 0 Å². The number of benzene rings is 1. The maximum absolute atomic E-state index is 5.51. The summed E-state index contributed by atoms with van der Waals surface area (Å²) in [5.41, 5.74) is 6.89. The van der Waals surface area contributed by atoms with E-state index < -0.39 is 0 Å². The zero-order valence-electron chi connectivity index (χ0n) is 11.4. The average molecular weight is 264 g/mol. The fourth-order valence-electron chi connectivity index (χ4n) is 1.95. The molecule has 18 heavy (non-hydrogen) atoms. The molecule has 0 spiro atoms. The molecule has 0 aliphatic carbocycles. The fourth-order valence-corrected chi connectivity index (χ4v) is 2.10. The molecule has 1 rings (SSSR count). The largest absolute Gasteiger partial charge is 0.393 e. The predicted molar refractivity (Wildman–Crippen MR) is 82.6 cm³/mol. The van der Waals surface area contributed by atoms with Crippen molar-refractivity contribution in [2.24, 2.45) is 5.73 Å². The Labute approximate surface area is 116 Å². The minimum Gasteiger partial charge on any atom is -0.393 e. The highest BCUT2D eigenvalue weighted by Gasteiger charge is 2.09. The summed E-state index contributed by atoms with van der Waals surface area (Å²) in [6.07, 6.45) is 3.11. The molecule has 2 N–H and O–H groups in total. The molecule has 0 saturated carbocycles. The lowest BCUT2D eigenvalue weighted by atomic mass is 10.1. The molecule has 0 amide bonds. The van der Waals surface area contributed by atoms with Crippen LogP contribution < -0.4 is 5.73 Å². The summed E-state index contributed by atoms with van der Waals surface area (Å²) >= 11 is 4.90. The van der Waals surface area contributed by atoms with Gasteiger partial charge < -0.3 is 5.73 Å². The van der Waals surface area contributed by atoms with Gasteiger partial charge in [-0.15, -0.1) is 0 Å². The number of unbranched alkanes of at least 4 members (excludes halogenated alkanes) is 1. The Morgan fingerprint density at radius 3 is 2.44 bits per heavy atom. The van der Waals surface area contributed by atoms with Gasteiger partial charge in [-0.2, -0.15) is 0 Å². The fraction of sp³-hybridized carbons (Fsp3) is 0.533. The molecule has 3 heteroatoms. The first-order chi connectivity index (χ1) is 8.59. The molecule has 0 fully saturated rings. The normalized spacial score (nSPS) is 11.1. The van der Waals surface area contributed by atoms with Gasteiger partial charge in [0.15, 0.2) is 0 Å². The van der Waals surface area contributed by atoms with E-state index >= 15 is 0 Å². The highest BCUT2D eigenvalue weighted by atomic mass is 32.1. The lowest BCUT2D eigenvalue weighted by molar-refractivity contribution is 0.209. The van der Waals surface area contributed by atoms with Crippen molar-refractivity contribution in [2.75, 3.05) is 6.54 Å². The van der Waals surface area contributed by atoms with Crippen LogP contribution in [-0.2, 0) is 6.54 Å². The molecule has 0 heterocycles. The molecule has 1 aromatic carbocycles. The van der Waals surface area contributed by atoms with E-state index in [1.807, 2.05) is 0 Å². The number of nitrogens with two attached hydrogens (primary N) is 1. The van der Waals surface area contributed by atoms with E-state index in [0.717, 1.165) is 32.4 Å². The Hall–Kier alpha value is -0.930. The van der Waals surface area contributed by atoms with E-state index in [0.29, 0.717) is 11.0 Å². The third-order valence-electron chi connectivity index (χ3n) is 3.08. The molecule has 1 aromatic rings. The van der Waals surface area contributed by atoms with Gasteiger partial charge in [0.05, 0.1) is 4.99 Å². The van der Waals surface area contributed by atoms with Crippen LogP contribution in [0.3, 0.4) is 0 Å². The van der Waals surface area contributed by atoms with Crippen molar-refractivity contribution in [1.82, 2.24) is 4.90 Å². The molecule has 0 saturated heterocycles. The van der Waals surface area contributed by atoms with Crippen LogP contribution in [0.1, 0.15) is 38.7 Å². The van der Waals surface area contributed by atoms with Gasteiger partial charge in [0.1, 0.15) is 0 Å². The van der Waals surface area contributed by atoms with Crippen molar-refractivity contribution in [1.29, 1.82) is 0 Å². The summed E-state index contributed by atoms with van der Waals surface area (Å²) in [5.74, 6) is 0. The van der Waals surface area contributed by atoms with Crippen LogP contribution in [0.4, 0.5) is 0 Å². The number of hydrogen-bond donors (Lipinski definition) is 1. The average Bonchev–Trinajstić information content (AvgIpc) is 2.33. The van der Waals surface area contributed by atoms with E-state index in [2.05, 4.69) is 49.1 Å². The number of nitrogens with zero attached hydrogens (tertiary/aromatic N) is 1. The lowest BCUT2D eigenvalue weighted by Crippen LogP contribution is -2.31. The third-order valence-corrected chi connectivity index (χ3v) is 3.28. The summed E-state index contributed by atoms with van der Waals surface area (Å²) in [5, 5.41) is 0. The van der Waals surface area contributed by atoms with Gasteiger partial charge in [0.2, 0.25) is 0 Å². The van der Waals surface area contributed by atoms with E-state index in [4.69, 9.17) is 18.0 Å². The van der Waals surface area contributed by atoms with Gasteiger partial charge >= 0.3 is 0 Å². The van der Waals surface area contributed by atoms with Crippen molar-refractivity contribution in [2.45, 2.75) is 45.7 Å². The maximum Gasteiger partial charge on any atom is 0.0727 e. The van der Waals surface area contributed by atoms with E-state index in [1.165, 1.54) is 5.56 Å². The molecule has 0 aliphatic rings. The minimum atomic E-state index is 0.565. The first-order valence-electron chi connectivity index (χ1n) is 6.66. The SMILES string of the molecule is CC(C)N(CCCCC(N)=S)Cc1ccccc1. The molecular formula is C15H24N2S. The van der Waals surface area contributed by atoms with E-state index in [-0.39, 0.29) is 0 Å². The Kier molecular flexibility index (Phi) is 6.91. The summed E-state index contributed by atoms with van der Waals surface area (Å²) in [7, 11) is 0. The zero-order chi connectivity index (χ0) is 13.4. The second-order valence-corrected chi connectivity index (χ2v) is 5.50. The van der Waals surface area contributed by atoms with Crippen molar-refractivity contribution in [3.63, 3.8) is 0 Å². The second-order valence-electron chi connectivity index (χ2n) is 4.97. The van der Waals surface area contributed by atoms with Crippen LogP contribution in [0.15, 0.2) is 30.3 Å². The molecule has 0 aliphatic heterocycles. The molecule has 0 aromatic heterocycles. The number of rotatable bonds is 8. The lowest BCUT2D eigenvalue weighted by Gasteiger charge is -2.26. The van der Waals surface area contributed by atoms with Crippen LogP contribution >= 0.6 is 12.2 Å². The Balaban J connectivity index is 2.38. The Bertz CT molecular complexity index is 349. The summed E-state index contributed by atoms with van der Waals surface area (Å²) in [6.45, 7) is 6.62. The predicted octanol–water partition coefficient (Wildman–Crippen LogP) is 3.35. The second kappa shape index (κ2) is 8.22. The first-order valence-corrected chi connectivity index (χ1v) is 7.06. The summed E-state index contributed by atoms with van der Waals surface area (Å²) in [6, 6.07) is 11.2. The van der Waals surface area contributed by atoms with Crippen LogP contribution in [-0.4, -0.2) is 22.5 Å². The van der Waals surface area contributed by atoms with Crippen molar-refractivity contribution in [3.05, 3.63) is 35.9 Å². The van der Waals surface area contributed by atoms with Crippen LogP contribution in [0.25, 0.3) is 0 Å². The molecule has 0 radical (unpaired) electrons. The Morgan fingerprint density at radius 2 is 1.89 bits per heavy atom. The molecule has 0 unspecified atom stereocenters. The van der Waals surface area contributed by atoms with E-state index in [9.17, 15) is 0 Å². The Morgan fingerprint density at radius 1 is 1.22 bits per heavy atom. The van der Waals surface area contributed by atoms with Gasteiger partial charge in [-0.3, -0.25) is 4.90 Å². The molecular weight excluding hydrogens is 240 g/mol. The van der Waals surface area contributed by atoms with Crippen molar-refractivity contribution < 1.29 is 0 Å². The number of hydrogen-bond acceptors (Lipinski definition) is 2. The molecule has 0 atom stereocenters. The van der Waals surface area contributed by atoms with Gasteiger partial charge in [-0.25, -0.2) is 0 Å². The number of thiocarbonyl (C=S) groups is 1. The highest BCUT2D eigenvalue weighted by Crippen LogP contribution is 2.10. The zero-order valence-corrected chi connectivity index (χ0v) is 12.2. The summed E-state index contributed by atoms with van der Waals surface area (Å²) < 4.78 is 0. The maximum atomic E-state index is 5.51. The first kappa shape index (κ1) is 15.1. The standard InChI is InChI=1S/C15H24N2S/c1-13(2)17(11-7-6-10-15(16)18)12-14-8-4-3-5-9-14/h3-5,8-9,13H,6-7,10-12H2,1-2H3,(H2,16,18). The van der Waals surface area contributed by atoms with Gasteiger partial charge in [0, 0.05) is 12.6 Å².